The van der Waals surface area contributed by atoms with E-state index in [1.807, 2.05) is 19.3 Å². The van der Waals surface area contributed by atoms with Gasteiger partial charge in [-0.3, -0.25) is 0 Å². The molecule has 0 radical (unpaired) electrons. The molecule has 1 aromatic heterocycles. The summed E-state index contributed by atoms with van der Waals surface area (Å²) in [6, 6.07) is 1.98. The number of methoxy groups -OCH3 is 1. The van der Waals surface area contributed by atoms with Crippen LogP contribution in [-0.4, -0.2) is 45.3 Å². The van der Waals surface area contributed by atoms with Crippen LogP contribution in [0.3, 0.4) is 0 Å². The first kappa shape index (κ1) is 11.0. The number of rotatable bonds is 3. The predicted octanol–water partition coefficient (Wildman–Crippen LogP) is 0.541. The second-order valence-corrected chi connectivity index (χ2v) is 3.74. The molecule has 1 aromatic rings. The summed E-state index contributed by atoms with van der Waals surface area (Å²) in [5, 5.41) is 6.38. The Morgan fingerprint density at radius 3 is 2.81 bits per heavy atom. The number of aromatic nitrogens is 1. The van der Waals surface area contributed by atoms with Crippen molar-refractivity contribution in [3.63, 3.8) is 0 Å². The highest BCUT2D eigenvalue weighted by atomic mass is 16.5. The number of nitrogens with one attached hydrogen (secondary N) is 2. The largest absolute Gasteiger partial charge is 0.493 e. The van der Waals surface area contributed by atoms with E-state index in [0.717, 1.165) is 43.4 Å². The van der Waals surface area contributed by atoms with E-state index < -0.39 is 0 Å². The van der Waals surface area contributed by atoms with Gasteiger partial charge >= 0.3 is 0 Å². The number of hydrogen-bond donors (Lipinski definition) is 2. The fourth-order valence-corrected chi connectivity index (χ4v) is 1.84. The van der Waals surface area contributed by atoms with Gasteiger partial charge in [-0.05, 0) is 0 Å². The van der Waals surface area contributed by atoms with Gasteiger partial charge in [0.25, 0.3) is 0 Å². The smallest absolute Gasteiger partial charge is 0.171 e. The Morgan fingerprint density at radius 1 is 1.44 bits per heavy atom. The molecule has 1 fully saturated rings. The Hall–Kier alpha value is -1.49. The number of pyridine rings is 1. The molecule has 1 aliphatic heterocycles. The molecule has 0 aromatic carbocycles. The fraction of sp³-hybridized carbons (Fsp3) is 0.545. The molecule has 2 heterocycles. The van der Waals surface area contributed by atoms with Gasteiger partial charge in [-0.2, -0.15) is 0 Å². The molecular weight excluding hydrogens is 204 g/mol. The average molecular weight is 222 g/mol. The maximum atomic E-state index is 5.38. The summed E-state index contributed by atoms with van der Waals surface area (Å²) in [5.41, 5.74) is 0.968. The van der Waals surface area contributed by atoms with Gasteiger partial charge in [-0.1, -0.05) is 0 Å². The van der Waals surface area contributed by atoms with Gasteiger partial charge in [0, 0.05) is 39.3 Å². The highest BCUT2D eigenvalue weighted by Crippen LogP contribution is 2.28. The molecule has 16 heavy (non-hydrogen) atoms. The zero-order chi connectivity index (χ0) is 11.4. The maximum absolute atomic E-state index is 5.38. The van der Waals surface area contributed by atoms with E-state index in [2.05, 4.69) is 20.5 Å². The predicted molar refractivity (Wildman–Crippen MR) is 65.4 cm³/mol. The summed E-state index contributed by atoms with van der Waals surface area (Å²) >= 11 is 0. The van der Waals surface area contributed by atoms with Gasteiger partial charge in [0.2, 0.25) is 0 Å². The van der Waals surface area contributed by atoms with Crippen molar-refractivity contribution in [1.82, 2.24) is 10.3 Å². The van der Waals surface area contributed by atoms with Gasteiger partial charge in [0.05, 0.1) is 19.0 Å². The lowest BCUT2D eigenvalue weighted by atomic mass is 10.3. The summed E-state index contributed by atoms with van der Waals surface area (Å²) in [6.07, 6.45) is 1.83. The summed E-state index contributed by atoms with van der Waals surface area (Å²) in [7, 11) is 3.56. The molecule has 0 saturated carbocycles. The van der Waals surface area contributed by atoms with Crippen LogP contribution in [0, 0.1) is 0 Å². The summed E-state index contributed by atoms with van der Waals surface area (Å²) in [4.78, 5) is 6.70. The summed E-state index contributed by atoms with van der Waals surface area (Å²) in [5.74, 6) is 1.76. The van der Waals surface area contributed by atoms with Crippen molar-refractivity contribution in [2.45, 2.75) is 0 Å². The first-order chi connectivity index (χ1) is 7.85. The van der Waals surface area contributed by atoms with Crippen molar-refractivity contribution in [2.24, 2.45) is 0 Å². The number of nitrogens with zero attached hydrogens (tertiary/aromatic N) is 2. The number of piperazine rings is 1. The Bertz CT molecular complexity index is 350. The number of anilines is 2. The fourth-order valence-electron chi connectivity index (χ4n) is 1.84. The van der Waals surface area contributed by atoms with Gasteiger partial charge in [-0.25, -0.2) is 4.98 Å². The maximum Gasteiger partial charge on any atom is 0.171 e. The van der Waals surface area contributed by atoms with Crippen LogP contribution >= 0.6 is 0 Å². The summed E-state index contributed by atoms with van der Waals surface area (Å²) in [6.45, 7) is 3.95. The molecule has 0 bridgehead atoms. The standard InChI is InChI=1S/C11H18N4O/c1-12-9-7-10(16-2)11(14-8-9)15-5-3-13-4-6-15/h7-8,12-13H,3-6H2,1-2H3. The van der Waals surface area contributed by atoms with Gasteiger partial charge in [0.15, 0.2) is 11.6 Å². The quantitative estimate of drug-likeness (QED) is 0.782. The lowest BCUT2D eigenvalue weighted by Gasteiger charge is -2.29. The van der Waals surface area contributed by atoms with E-state index in [1.54, 1.807) is 7.11 Å². The number of ether oxygens (including phenoxy) is 1. The van der Waals surface area contributed by atoms with E-state index in [-0.39, 0.29) is 0 Å². The molecule has 0 unspecified atom stereocenters. The van der Waals surface area contributed by atoms with E-state index >= 15 is 0 Å². The molecule has 0 atom stereocenters. The van der Waals surface area contributed by atoms with E-state index in [9.17, 15) is 0 Å². The SMILES string of the molecule is CNc1cnc(N2CCNCC2)c(OC)c1. The Labute approximate surface area is 95.8 Å². The molecular formula is C11H18N4O. The normalized spacial score (nSPS) is 16.0. The van der Waals surface area contributed by atoms with Gasteiger partial charge in [0.1, 0.15) is 0 Å². The lowest BCUT2D eigenvalue weighted by molar-refractivity contribution is 0.411. The van der Waals surface area contributed by atoms with Crippen molar-refractivity contribution in [2.75, 3.05) is 50.6 Å². The Morgan fingerprint density at radius 2 is 2.19 bits per heavy atom. The molecule has 1 aliphatic rings. The zero-order valence-corrected chi connectivity index (χ0v) is 9.79. The van der Waals surface area contributed by atoms with Crippen LogP contribution in [-0.2, 0) is 0 Å². The highest BCUT2D eigenvalue weighted by molar-refractivity contribution is 5.59. The van der Waals surface area contributed by atoms with Gasteiger partial charge < -0.3 is 20.3 Å². The van der Waals surface area contributed by atoms with Crippen LogP contribution in [0.25, 0.3) is 0 Å². The molecule has 5 heteroatoms. The van der Waals surface area contributed by atoms with Crippen molar-refractivity contribution in [3.05, 3.63) is 12.3 Å². The van der Waals surface area contributed by atoms with Crippen LogP contribution in [0.5, 0.6) is 5.75 Å². The second-order valence-electron chi connectivity index (χ2n) is 3.74. The van der Waals surface area contributed by atoms with E-state index in [1.165, 1.54) is 0 Å². The molecule has 1 saturated heterocycles. The Balaban J connectivity index is 2.24. The van der Waals surface area contributed by atoms with Crippen LogP contribution in [0.1, 0.15) is 0 Å². The van der Waals surface area contributed by atoms with Gasteiger partial charge in [-0.15, -0.1) is 0 Å². The van der Waals surface area contributed by atoms with Crippen LogP contribution in [0.4, 0.5) is 11.5 Å². The minimum absolute atomic E-state index is 0.828. The van der Waals surface area contributed by atoms with Crippen LogP contribution in [0.2, 0.25) is 0 Å². The lowest BCUT2D eigenvalue weighted by Crippen LogP contribution is -2.44. The Kier molecular flexibility index (Phi) is 3.46. The topological polar surface area (TPSA) is 49.4 Å². The average Bonchev–Trinajstić information content (AvgIpc) is 2.39. The van der Waals surface area contributed by atoms with Crippen molar-refractivity contribution in [1.29, 1.82) is 0 Å². The highest BCUT2D eigenvalue weighted by Gasteiger charge is 2.16. The third kappa shape index (κ3) is 2.19. The minimum Gasteiger partial charge on any atom is -0.493 e. The molecule has 88 valence electrons. The van der Waals surface area contributed by atoms with E-state index in [4.69, 9.17) is 4.74 Å². The first-order valence-electron chi connectivity index (χ1n) is 5.52. The summed E-state index contributed by atoms with van der Waals surface area (Å²) < 4.78 is 5.38. The third-order valence-electron chi connectivity index (χ3n) is 2.76. The molecule has 0 aliphatic carbocycles. The molecule has 5 nitrogen and oxygen atoms in total. The molecule has 2 N–H and O–H groups in total. The van der Waals surface area contributed by atoms with Crippen molar-refractivity contribution in [3.8, 4) is 5.75 Å². The van der Waals surface area contributed by atoms with Crippen LogP contribution < -0.4 is 20.3 Å². The van der Waals surface area contributed by atoms with E-state index in [0.29, 0.717) is 0 Å². The second kappa shape index (κ2) is 5.03. The molecule has 0 spiro atoms. The zero-order valence-electron chi connectivity index (χ0n) is 9.79. The monoisotopic (exact) mass is 222 g/mol. The van der Waals surface area contributed by atoms with Crippen molar-refractivity contribution < 1.29 is 4.74 Å². The third-order valence-corrected chi connectivity index (χ3v) is 2.76. The number of hydrogen-bond acceptors (Lipinski definition) is 5. The minimum atomic E-state index is 0.828. The molecule has 2 rings (SSSR count). The van der Waals surface area contributed by atoms with Crippen molar-refractivity contribution >= 4 is 11.5 Å². The molecule has 0 amide bonds. The van der Waals surface area contributed by atoms with Crippen LogP contribution in [0.15, 0.2) is 12.3 Å². The first-order valence-corrected chi connectivity index (χ1v) is 5.52.